The van der Waals surface area contributed by atoms with Crippen molar-refractivity contribution >= 4 is 34.8 Å². The van der Waals surface area contributed by atoms with E-state index in [4.69, 9.17) is 34.8 Å². The van der Waals surface area contributed by atoms with Gasteiger partial charge in [-0.15, -0.1) is 0 Å². The Morgan fingerprint density at radius 2 is 1.45 bits per heavy atom. The van der Waals surface area contributed by atoms with E-state index in [2.05, 4.69) is 0 Å². The summed E-state index contributed by atoms with van der Waals surface area (Å²) in [6.07, 6.45) is -4.79. The predicted molar refractivity (Wildman–Crippen MR) is 71.9 cm³/mol. The van der Waals surface area contributed by atoms with Crippen LogP contribution in [0.15, 0.2) is 30.3 Å². The first kappa shape index (κ1) is 15.4. The summed E-state index contributed by atoms with van der Waals surface area (Å²) >= 11 is 17.4. The lowest BCUT2D eigenvalue weighted by molar-refractivity contribution is -0.139. The topological polar surface area (TPSA) is 0 Å². The van der Waals surface area contributed by atoms with E-state index < -0.39 is 17.6 Å². The molecule has 0 aliphatic rings. The maximum absolute atomic E-state index is 14.0. The molecule has 0 saturated carbocycles. The highest BCUT2D eigenvalue weighted by molar-refractivity contribution is 6.49. The molecule has 7 heteroatoms. The van der Waals surface area contributed by atoms with Gasteiger partial charge in [-0.3, -0.25) is 0 Å². The van der Waals surface area contributed by atoms with Gasteiger partial charge in [-0.05, 0) is 12.1 Å². The summed E-state index contributed by atoms with van der Waals surface area (Å²) in [4.78, 5) is 0. The van der Waals surface area contributed by atoms with Gasteiger partial charge in [0.2, 0.25) is 0 Å². The van der Waals surface area contributed by atoms with Crippen LogP contribution >= 0.6 is 34.8 Å². The maximum atomic E-state index is 14.0. The number of halogens is 7. The van der Waals surface area contributed by atoms with Crippen LogP contribution in [-0.4, -0.2) is 0 Å². The molecule has 0 amide bonds. The molecule has 0 N–H and O–H groups in total. The Kier molecular flexibility index (Phi) is 4.19. The van der Waals surface area contributed by atoms with Crippen LogP contribution in [0, 0.1) is 5.82 Å². The third kappa shape index (κ3) is 2.73. The average molecular weight is 344 g/mol. The van der Waals surface area contributed by atoms with E-state index in [1.165, 1.54) is 18.2 Å². The summed E-state index contributed by atoms with van der Waals surface area (Å²) in [6, 6.07) is 5.60. The van der Waals surface area contributed by atoms with Gasteiger partial charge in [-0.1, -0.05) is 53.0 Å². The van der Waals surface area contributed by atoms with Crippen molar-refractivity contribution in [2.45, 2.75) is 6.18 Å². The smallest absolute Gasteiger partial charge is 0.206 e. The maximum Gasteiger partial charge on any atom is 0.419 e. The van der Waals surface area contributed by atoms with Crippen LogP contribution < -0.4 is 0 Å². The summed E-state index contributed by atoms with van der Waals surface area (Å²) in [7, 11) is 0. The molecule has 0 saturated heterocycles. The van der Waals surface area contributed by atoms with Crippen molar-refractivity contribution in [1.29, 1.82) is 0 Å². The molecule has 0 aromatic heterocycles. The zero-order chi connectivity index (χ0) is 15.1. The van der Waals surface area contributed by atoms with Crippen molar-refractivity contribution in [3.05, 3.63) is 56.8 Å². The van der Waals surface area contributed by atoms with E-state index in [1.807, 2.05) is 0 Å². The summed E-state index contributed by atoms with van der Waals surface area (Å²) in [5, 5.41) is -0.00663. The zero-order valence-corrected chi connectivity index (χ0v) is 11.8. The SMILES string of the molecule is Fc1c(-c2ccc(Cl)c(Cl)c2Cl)cccc1C(F)(F)F. The molecule has 0 atom stereocenters. The normalized spacial score (nSPS) is 11.8. The predicted octanol–water partition coefficient (Wildman–Crippen LogP) is 6.47. The molecule has 0 aliphatic heterocycles. The third-order valence-corrected chi connectivity index (χ3v) is 3.92. The molecule has 2 rings (SSSR count). The first-order chi connectivity index (χ1) is 9.23. The lowest BCUT2D eigenvalue weighted by atomic mass is 10.0. The first-order valence-corrected chi connectivity index (χ1v) is 6.36. The van der Waals surface area contributed by atoms with E-state index in [-0.39, 0.29) is 26.2 Å². The standard InChI is InChI=1S/C13H5Cl3F4/c14-9-5-4-6(10(15)11(9)16)7-2-1-3-8(12(7)17)13(18,19)20/h1-5H. The average Bonchev–Trinajstić information content (AvgIpc) is 2.36. The van der Waals surface area contributed by atoms with Crippen molar-refractivity contribution in [3.8, 4) is 11.1 Å². The highest BCUT2D eigenvalue weighted by Crippen LogP contribution is 2.41. The Hall–Kier alpha value is -0.970. The van der Waals surface area contributed by atoms with Gasteiger partial charge in [0.05, 0.1) is 20.6 Å². The Balaban J connectivity index is 2.69. The van der Waals surface area contributed by atoms with Gasteiger partial charge in [0.25, 0.3) is 0 Å². The molecule has 20 heavy (non-hydrogen) atoms. The summed E-state index contributed by atoms with van der Waals surface area (Å²) in [5.74, 6) is -1.40. The number of alkyl halides is 3. The molecule has 0 unspecified atom stereocenters. The van der Waals surface area contributed by atoms with E-state index in [9.17, 15) is 17.6 Å². The summed E-state index contributed by atoms with van der Waals surface area (Å²) in [5.41, 5.74) is -1.61. The highest BCUT2D eigenvalue weighted by atomic mass is 35.5. The van der Waals surface area contributed by atoms with Crippen LogP contribution in [-0.2, 0) is 6.18 Å². The lowest BCUT2D eigenvalue weighted by Crippen LogP contribution is -2.08. The van der Waals surface area contributed by atoms with E-state index in [1.54, 1.807) is 0 Å². The van der Waals surface area contributed by atoms with Gasteiger partial charge in [-0.2, -0.15) is 13.2 Å². The molecule has 0 radical (unpaired) electrons. The second-order valence-electron chi connectivity index (χ2n) is 3.89. The Morgan fingerprint density at radius 3 is 2.05 bits per heavy atom. The van der Waals surface area contributed by atoms with Gasteiger partial charge < -0.3 is 0 Å². The van der Waals surface area contributed by atoms with Crippen molar-refractivity contribution in [2.75, 3.05) is 0 Å². The van der Waals surface area contributed by atoms with Gasteiger partial charge in [0, 0.05) is 11.1 Å². The van der Waals surface area contributed by atoms with Crippen LogP contribution in [0.3, 0.4) is 0 Å². The first-order valence-electron chi connectivity index (χ1n) is 5.23. The van der Waals surface area contributed by atoms with Crippen LogP contribution in [0.25, 0.3) is 11.1 Å². The van der Waals surface area contributed by atoms with E-state index in [0.717, 1.165) is 6.07 Å². The zero-order valence-electron chi connectivity index (χ0n) is 9.53. The second kappa shape index (κ2) is 5.43. The Bertz CT molecular complexity index is 665. The van der Waals surface area contributed by atoms with Gasteiger partial charge in [-0.25, -0.2) is 4.39 Å². The molecular formula is C13H5Cl3F4. The molecule has 2 aromatic rings. The number of benzene rings is 2. The minimum Gasteiger partial charge on any atom is -0.206 e. The Labute approximate surface area is 126 Å². The monoisotopic (exact) mass is 342 g/mol. The molecule has 0 nitrogen and oxygen atoms in total. The van der Waals surface area contributed by atoms with Crippen molar-refractivity contribution in [1.82, 2.24) is 0 Å². The van der Waals surface area contributed by atoms with Crippen molar-refractivity contribution in [3.63, 3.8) is 0 Å². The van der Waals surface area contributed by atoms with E-state index in [0.29, 0.717) is 6.07 Å². The molecule has 2 aromatic carbocycles. The minimum atomic E-state index is -4.79. The second-order valence-corrected chi connectivity index (χ2v) is 5.05. The fourth-order valence-electron chi connectivity index (χ4n) is 1.69. The van der Waals surface area contributed by atoms with Crippen LogP contribution in [0.1, 0.15) is 5.56 Å². The van der Waals surface area contributed by atoms with Crippen molar-refractivity contribution in [2.24, 2.45) is 0 Å². The highest BCUT2D eigenvalue weighted by Gasteiger charge is 2.35. The summed E-state index contributed by atoms with van der Waals surface area (Å²) in [6.45, 7) is 0. The van der Waals surface area contributed by atoms with Crippen LogP contribution in [0.4, 0.5) is 17.6 Å². The van der Waals surface area contributed by atoms with Gasteiger partial charge in [0.15, 0.2) is 0 Å². The number of rotatable bonds is 1. The number of hydrogen-bond donors (Lipinski definition) is 0. The quantitative estimate of drug-likeness (QED) is 0.411. The minimum absolute atomic E-state index is 0.0392. The molecule has 0 fully saturated rings. The van der Waals surface area contributed by atoms with E-state index >= 15 is 0 Å². The lowest BCUT2D eigenvalue weighted by Gasteiger charge is -2.13. The van der Waals surface area contributed by atoms with Crippen LogP contribution in [0.2, 0.25) is 15.1 Å². The third-order valence-electron chi connectivity index (χ3n) is 2.63. The molecule has 0 bridgehead atoms. The van der Waals surface area contributed by atoms with Crippen molar-refractivity contribution < 1.29 is 17.6 Å². The fraction of sp³-hybridized carbons (Fsp3) is 0.0769. The van der Waals surface area contributed by atoms with Gasteiger partial charge in [0.1, 0.15) is 5.82 Å². The molecule has 0 spiro atoms. The molecule has 106 valence electrons. The number of hydrogen-bond acceptors (Lipinski definition) is 0. The van der Waals surface area contributed by atoms with Crippen LogP contribution in [0.5, 0.6) is 0 Å². The molecular weight excluding hydrogens is 338 g/mol. The fourth-order valence-corrected chi connectivity index (χ4v) is 2.33. The van der Waals surface area contributed by atoms with Gasteiger partial charge >= 0.3 is 6.18 Å². The molecule has 0 heterocycles. The molecule has 0 aliphatic carbocycles. The Morgan fingerprint density at radius 1 is 0.800 bits per heavy atom. The summed E-state index contributed by atoms with van der Waals surface area (Å²) < 4.78 is 52.0. The largest absolute Gasteiger partial charge is 0.419 e.